The number of thioether (sulfide) groups is 1. The van der Waals surface area contributed by atoms with Crippen molar-refractivity contribution in [2.45, 2.75) is 25.0 Å². The molecule has 0 bridgehead atoms. The van der Waals surface area contributed by atoms with Crippen molar-refractivity contribution < 1.29 is 19.1 Å². The lowest BCUT2D eigenvalue weighted by Gasteiger charge is -2.16. The number of esters is 1. The smallest absolute Gasteiger partial charge is 0.338 e. The summed E-state index contributed by atoms with van der Waals surface area (Å²) in [6.45, 7) is 2.48. The van der Waals surface area contributed by atoms with Gasteiger partial charge in [0.25, 0.3) is 0 Å². The number of anilines is 1. The van der Waals surface area contributed by atoms with Crippen LogP contribution in [0.15, 0.2) is 83.9 Å². The Labute approximate surface area is 224 Å². The minimum absolute atomic E-state index is 0.0165. The third-order valence-corrected chi connectivity index (χ3v) is 7.11. The summed E-state index contributed by atoms with van der Waals surface area (Å²) in [6.07, 6.45) is 0.629. The van der Waals surface area contributed by atoms with Crippen molar-refractivity contribution >= 4 is 57.7 Å². The topological polar surface area (TPSA) is 88.1 Å². The fourth-order valence-electron chi connectivity index (χ4n) is 3.75. The number of aliphatic imine (C=N–C) groups is 1. The molecule has 0 aromatic heterocycles. The zero-order valence-electron chi connectivity index (χ0n) is 20.2. The van der Waals surface area contributed by atoms with Crippen molar-refractivity contribution in [3.63, 3.8) is 0 Å². The van der Waals surface area contributed by atoms with E-state index in [1.54, 1.807) is 60.4 Å². The summed E-state index contributed by atoms with van der Waals surface area (Å²) in [7, 11) is 0. The Kier molecular flexibility index (Phi) is 8.98. The summed E-state index contributed by atoms with van der Waals surface area (Å²) < 4.78 is 5.03. The molecule has 0 saturated carbocycles. The number of halogens is 1. The Morgan fingerprint density at radius 3 is 2.43 bits per heavy atom. The maximum absolute atomic E-state index is 13.4. The molecule has 4 rings (SSSR count). The van der Waals surface area contributed by atoms with Crippen molar-refractivity contribution in [1.82, 2.24) is 4.90 Å². The van der Waals surface area contributed by atoms with E-state index in [2.05, 4.69) is 10.3 Å². The van der Waals surface area contributed by atoms with Gasteiger partial charge in [-0.2, -0.15) is 0 Å². The van der Waals surface area contributed by atoms with Gasteiger partial charge < -0.3 is 10.1 Å². The average molecular weight is 536 g/mol. The molecule has 1 fully saturated rings. The van der Waals surface area contributed by atoms with E-state index in [0.29, 0.717) is 46.7 Å². The summed E-state index contributed by atoms with van der Waals surface area (Å²) >= 11 is 7.41. The number of carbonyl (C=O) groups is 3. The number of carbonyl (C=O) groups excluding carboxylic acids is 3. The average Bonchev–Trinajstić information content (AvgIpc) is 3.18. The van der Waals surface area contributed by atoms with Gasteiger partial charge in [0.1, 0.15) is 5.25 Å². The number of amidine groups is 1. The Hall–Kier alpha value is -3.62. The number of benzene rings is 3. The van der Waals surface area contributed by atoms with Crippen LogP contribution in [0.5, 0.6) is 0 Å². The second-order valence-corrected chi connectivity index (χ2v) is 9.80. The van der Waals surface area contributed by atoms with Gasteiger partial charge in [0, 0.05) is 13.0 Å². The van der Waals surface area contributed by atoms with Crippen LogP contribution in [0.1, 0.15) is 29.3 Å². The predicted molar refractivity (Wildman–Crippen MR) is 147 cm³/mol. The van der Waals surface area contributed by atoms with Gasteiger partial charge in [-0.05, 0) is 55.3 Å². The van der Waals surface area contributed by atoms with E-state index < -0.39 is 11.2 Å². The summed E-state index contributed by atoms with van der Waals surface area (Å²) in [6, 6.07) is 23.5. The van der Waals surface area contributed by atoms with Crippen LogP contribution in [0.3, 0.4) is 0 Å². The van der Waals surface area contributed by atoms with Crippen molar-refractivity contribution in [2.75, 3.05) is 18.5 Å². The fraction of sp³-hybridized carbons (Fsp3) is 0.214. The lowest BCUT2D eigenvalue weighted by atomic mass is 10.1. The van der Waals surface area contributed by atoms with E-state index in [-0.39, 0.29) is 18.2 Å². The number of rotatable bonds is 9. The van der Waals surface area contributed by atoms with Gasteiger partial charge in [0.2, 0.25) is 11.8 Å². The van der Waals surface area contributed by atoms with Gasteiger partial charge >= 0.3 is 5.97 Å². The number of para-hydroxylation sites is 1. The molecular weight excluding hydrogens is 510 g/mol. The number of amides is 2. The Balaban J connectivity index is 1.51. The Morgan fingerprint density at radius 1 is 1.03 bits per heavy atom. The highest BCUT2D eigenvalue weighted by Crippen LogP contribution is 2.32. The molecule has 37 heavy (non-hydrogen) atoms. The first kappa shape index (κ1) is 26.4. The van der Waals surface area contributed by atoms with Crippen LogP contribution in [0.25, 0.3) is 0 Å². The summed E-state index contributed by atoms with van der Waals surface area (Å²) in [5, 5.41) is 3.11. The third-order valence-electron chi connectivity index (χ3n) is 5.61. The SMILES string of the molecule is CCOC(=O)c1ccc(N=C2SC(CC(=O)Nc3ccccc3Cl)C(=O)N2CCc2ccccc2)cc1. The maximum atomic E-state index is 13.4. The van der Waals surface area contributed by atoms with Crippen LogP contribution in [0.2, 0.25) is 5.02 Å². The number of nitrogens with zero attached hydrogens (tertiary/aromatic N) is 2. The fourth-order valence-corrected chi connectivity index (χ4v) is 5.11. The largest absolute Gasteiger partial charge is 0.462 e. The van der Waals surface area contributed by atoms with Gasteiger partial charge in [0.05, 0.1) is 28.6 Å². The van der Waals surface area contributed by atoms with Gasteiger partial charge in [-0.25, -0.2) is 9.79 Å². The highest BCUT2D eigenvalue weighted by atomic mass is 35.5. The molecule has 1 aliphatic rings. The lowest BCUT2D eigenvalue weighted by molar-refractivity contribution is -0.128. The highest BCUT2D eigenvalue weighted by Gasteiger charge is 2.39. The second-order valence-electron chi connectivity index (χ2n) is 8.23. The maximum Gasteiger partial charge on any atom is 0.338 e. The van der Waals surface area contributed by atoms with E-state index in [0.717, 1.165) is 5.56 Å². The number of ether oxygens (including phenoxy) is 1. The van der Waals surface area contributed by atoms with Crippen LogP contribution in [-0.2, 0) is 20.7 Å². The Morgan fingerprint density at radius 2 is 1.73 bits per heavy atom. The molecule has 1 heterocycles. The van der Waals surface area contributed by atoms with Crippen molar-refractivity contribution in [2.24, 2.45) is 4.99 Å². The molecule has 1 atom stereocenters. The second kappa shape index (κ2) is 12.6. The van der Waals surface area contributed by atoms with Gasteiger partial charge in [0.15, 0.2) is 5.17 Å². The molecule has 1 aliphatic heterocycles. The molecule has 0 aliphatic carbocycles. The zero-order chi connectivity index (χ0) is 26.2. The first-order valence-corrected chi connectivity index (χ1v) is 13.1. The summed E-state index contributed by atoms with van der Waals surface area (Å²) in [5.74, 6) is -0.875. The Bertz CT molecular complexity index is 1300. The standard InChI is InChI=1S/C28H26ClN3O4S/c1-2-36-27(35)20-12-14-21(15-13-20)30-28-32(17-16-19-8-4-3-5-9-19)26(34)24(37-28)18-25(33)31-23-11-7-6-10-22(23)29/h3-15,24H,2,16-18H2,1H3,(H,31,33). The molecule has 3 aromatic rings. The molecule has 3 aromatic carbocycles. The quantitative estimate of drug-likeness (QED) is 0.354. The summed E-state index contributed by atoms with van der Waals surface area (Å²) in [4.78, 5) is 44.4. The van der Waals surface area contributed by atoms with E-state index in [9.17, 15) is 14.4 Å². The monoisotopic (exact) mass is 535 g/mol. The molecule has 1 unspecified atom stereocenters. The lowest BCUT2D eigenvalue weighted by Crippen LogP contribution is -2.35. The van der Waals surface area contributed by atoms with Gasteiger partial charge in [-0.1, -0.05) is 65.8 Å². The van der Waals surface area contributed by atoms with Crippen LogP contribution in [0.4, 0.5) is 11.4 Å². The molecule has 9 heteroatoms. The van der Waals surface area contributed by atoms with Crippen LogP contribution in [0, 0.1) is 0 Å². The molecule has 1 saturated heterocycles. The number of hydrogen-bond donors (Lipinski definition) is 1. The van der Waals surface area contributed by atoms with Gasteiger partial charge in [-0.15, -0.1) is 0 Å². The molecule has 0 spiro atoms. The predicted octanol–water partition coefficient (Wildman–Crippen LogP) is 5.72. The summed E-state index contributed by atoms with van der Waals surface area (Å²) in [5.41, 5.74) is 2.62. The molecular formula is C28H26ClN3O4S. The van der Waals surface area contributed by atoms with E-state index >= 15 is 0 Å². The van der Waals surface area contributed by atoms with Crippen LogP contribution in [-0.4, -0.2) is 46.3 Å². The van der Waals surface area contributed by atoms with Crippen molar-refractivity contribution in [1.29, 1.82) is 0 Å². The highest BCUT2D eigenvalue weighted by molar-refractivity contribution is 8.15. The van der Waals surface area contributed by atoms with E-state index in [1.165, 1.54) is 11.8 Å². The van der Waals surface area contributed by atoms with E-state index in [4.69, 9.17) is 16.3 Å². The molecule has 7 nitrogen and oxygen atoms in total. The molecule has 0 radical (unpaired) electrons. The normalized spacial score (nSPS) is 16.2. The minimum Gasteiger partial charge on any atom is -0.462 e. The zero-order valence-corrected chi connectivity index (χ0v) is 21.8. The van der Waals surface area contributed by atoms with Gasteiger partial charge in [-0.3, -0.25) is 14.5 Å². The number of nitrogens with one attached hydrogen (secondary N) is 1. The molecule has 190 valence electrons. The van der Waals surface area contributed by atoms with E-state index in [1.807, 2.05) is 30.3 Å². The minimum atomic E-state index is -0.615. The third kappa shape index (κ3) is 6.99. The van der Waals surface area contributed by atoms with Crippen molar-refractivity contribution in [3.8, 4) is 0 Å². The molecule has 1 N–H and O–H groups in total. The van der Waals surface area contributed by atoms with Crippen LogP contribution < -0.4 is 5.32 Å². The van der Waals surface area contributed by atoms with Crippen molar-refractivity contribution in [3.05, 3.63) is 95.0 Å². The first-order valence-electron chi connectivity index (χ1n) is 11.9. The first-order chi connectivity index (χ1) is 17.9. The van der Waals surface area contributed by atoms with Crippen LogP contribution >= 0.6 is 23.4 Å². The molecule has 2 amide bonds. The number of hydrogen-bond acceptors (Lipinski definition) is 6.